The number of fused-ring (bicyclic) bond motifs is 1. The average Bonchev–Trinajstić information content (AvgIpc) is 3.12. The van der Waals surface area contributed by atoms with Crippen molar-refractivity contribution in [3.63, 3.8) is 0 Å². The molecule has 35 heavy (non-hydrogen) atoms. The van der Waals surface area contributed by atoms with Gasteiger partial charge in [-0.3, -0.25) is 4.79 Å². The number of benzene rings is 1. The smallest absolute Gasteiger partial charge is 0.287 e. The first-order valence-corrected chi connectivity index (χ1v) is 12.5. The van der Waals surface area contributed by atoms with Crippen LogP contribution in [0.5, 0.6) is 17.4 Å². The molecule has 9 nitrogen and oxygen atoms in total. The van der Waals surface area contributed by atoms with Gasteiger partial charge in [0.2, 0.25) is 0 Å². The Labute approximate surface area is 199 Å². The van der Waals surface area contributed by atoms with Crippen LogP contribution in [-0.2, 0) is 16.9 Å². The van der Waals surface area contributed by atoms with Crippen LogP contribution in [0.3, 0.4) is 0 Å². The molecule has 0 spiro atoms. The van der Waals surface area contributed by atoms with E-state index < -0.39 is 40.1 Å². The Balaban J connectivity index is 1.55. The van der Waals surface area contributed by atoms with Crippen LogP contribution in [0.25, 0.3) is 11.0 Å². The molecule has 13 heteroatoms. The number of nitrogens with zero attached hydrogens (tertiary/aromatic N) is 3. The van der Waals surface area contributed by atoms with Gasteiger partial charge in [-0.1, -0.05) is 0 Å². The van der Waals surface area contributed by atoms with Crippen molar-refractivity contribution in [2.24, 2.45) is 7.05 Å². The molecule has 1 saturated heterocycles. The van der Waals surface area contributed by atoms with Crippen LogP contribution in [0, 0.1) is 5.82 Å². The molecule has 0 bridgehead atoms. The van der Waals surface area contributed by atoms with E-state index in [2.05, 4.69) is 15.3 Å². The lowest BCUT2D eigenvalue weighted by molar-refractivity contribution is 0.0802. The predicted octanol–water partition coefficient (Wildman–Crippen LogP) is 3.24. The fourth-order valence-electron chi connectivity index (χ4n) is 3.73. The number of rotatable bonds is 7. The minimum Gasteiger partial charge on any atom is -0.482 e. The summed E-state index contributed by atoms with van der Waals surface area (Å²) in [4.78, 5) is 21.1. The number of aryl methyl sites for hydroxylation is 1. The maximum absolute atomic E-state index is 13.5. The highest BCUT2D eigenvalue weighted by atomic mass is 32.2. The lowest BCUT2D eigenvalue weighted by Crippen LogP contribution is -2.51. The predicted molar refractivity (Wildman–Crippen MR) is 120 cm³/mol. The maximum atomic E-state index is 13.5. The molecule has 0 aliphatic carbocycles. The number of aromatic nitrogens is 3. The Hall–Kier alpha value is -3.35. The van der Waals surface area contributed by atoms with Gasteiger partial charge in [0.1, 0.15) is 28.0 Å². The van der Waals surface area contributed by atoms with Gasteiger partial charge in [-0.05, 0) is 31.9 Å². The highest BCUT2D eigenvalue weighted by Gasteiger charge is 2.35. The van der Waals surface area contributed by atoms with Crippen LogP contribution in [0.4, 0.5) is 13.2 Å². The van der Waals surface area contributed by atoms with E-state index >= 15 is 0 Å². The SMILES string of the molecule is Cn1c(C(=O)NC2(C)CCS(=O)(=O)CC2)nc2ccc(Oc3ncc(F)cc3OCC(F)F)cc21. The van der Waals surface area contributed by atoms with Gasteiger partial charge in [0.15, 0.2) is 11.6 Å². The second-order valence-corrected chi connectivity index (χ2v) is 10.9. The Morgan fingerprint density at radius 1 is 1.26 bits per heavy atom. The summed E-state index contributed by atoms with van der Waals surface area (Å²) in [5.74, 6) is -1.34. The van der Waals surface area contributed by atoms with Crippen molar-refractivity contribution in [2.45, 2.75) is 31.7 Å². The molecule has 1 aliphatic heterocycles. The van der Waals surface area contributed by atoms with Crippen molar-refractivity contribution in [3.05, 3.63) is 42.1 Å². The largest absolute Gasteiger partial charge is 0.482 e. The first kappa shape index (κ1) is 24.8. The molecule has 0 radical (unpaired) electrons. The van der Waals surface area contributed by atoms with E-state index in [-0.39, 0.29) is 34.7 Å². The average molecular weight is 513 g/mol. The van der Waals surface area contributed by atoms with Crippen LogP contribution in [-0.4, -0.2) is 58.9 Å². The Bertz CT molecular complexity index is 1360. The number of halogens is 3. The summed E-state index contributed by atoms with van der Waals surface area (Å²) in [7, 11) is -1.45. The monoisotopic (exact) mass is 512 g/mol. The van der Waals surface area contributed by atoms with Crippen LogP contribution >= 0.6 is 0 Å². The van der Waals surface area contributed by atoms with Crippen molar-refractivity contribution < 1.29 is 35.9 Å². The molecular formula is C22H23F3N4O5S. The van der Waals surface area contributed by atoms with Crippen molar-refractivity contribution >= 4 is 26.8 Å². The molecule has 1 N–H and O–H groups in total. The molecule has 1 aromatic carbocycles. The highest BCUT2D eigenvalue weighted by molar-refractivity contribution is 7.91. The second-order valence-electron chi connectivity index (χ2n) is 8.57. The number of pyridine rings is 1. The summed E-state index contributed by atoms with van der Waals surface area (Å²) in [5.41, 5.74) is 0.348. The summed E-state index contributed by atoms with van der Waals surface area (Å²) in [6.07, 6.45) is -1.28. The van der Waals surface area contributed by atoms with E-state index in [4.69, 9.17) is 9.47 Å². The normalized spacial score (nSPS) is 16.9. The number of hydrogen-bond donors (Lipinski definition) is 1. The first-order valence-electron chi connectivity index (χ1n) is 10.7. The van der Waals surface area contributed by atoms with Crippen molar-refractivity contribution in [1.29, 1.82) is 0 Å². The van der Waals surface area contributed by atoms with E-state index in [0.29, 0.717) is 23.9 Å². The van der Waals surface area contributed by atoms with E-state index in [1.165, 1.54) is 6.07 Å². The summed E-state index contributed by atoms with van der Waals surface area (Å²) in [6, 6.07) is 5.59. The summed E-state index contributed by atoms with van der Waals surface area (Å²) >= 11 is 0. The third kappa shape index (κ3) is 5.66. The molecular weight excluding hydrogens is 489 g/mol. The molecule has 0 saturated carbocycles. The zero-order chi connectivity index (χ0) is 25.4. The quantitative estimate of drug-likeness (QED) is 0.517. The Morgan fingerprint density at radius 2 is 1.97 bits per heavy atom. The minimum absolute atomic E-state index is 0.00740. The lowest BCUT2D eigenvalue weighted by Gasteiger charge is -2.34. The number of ether oxygens (including phenoxy) is 2. The fraction of sp³-hybridized carbons (Fsp3) is 0.409. The van der Waals surface area contributed by atoms with Gasteiger partial charge in [-0.2, -0.15) is 0 Å². The number of nitrogens with one attached hydrogen (secondary N) is 1. The van der Waals surface area contributed by atoms with E-state index in [0.717, 1.165) is 12.3 Å². The zero-order valence-electron chi connectivity index (χ0n) is 18.9. The van der Waals surface area contributed by atoms with Crippen molar-refractivity contribution in [2.75, 3.05) is 18.1 Å². The molecule has 3 heterocycles. The molecule has 2 aromatic heterocycles. The van der Waals surface area contributed by atoms with Gasteiger partial charge >= 0.3 is 0 Å². The van der Waals surface area contributed by atoms with Crippen LogP contribution < -0.4 is 14.8 Å². The van der Waals surface area contributed by atoms with Gasteiger partial charge < -0.3 is 19.4 Å². The summed E-state index contributed by atoms with van der Waals surface area (Å²) in [5, 5.41) is 2.90. The Kier molecular flexibility index (Phi) is 6.62. The molecule has 1 amide bonds. The zero-order valence-corrected chi connectivity index (χ0v) is 19.7. The number of carbonyl (C=O) groups is 1. The number of hydrogen-bond acceptors (Lipinski definition) is 7. The van der Waals surface area contributed by atoms with Gasteiger partial charge in [0.25, 0.3) is 18.2 Å². The van der Waals surface area contributed by atoms with Gasteiger partial charge in [-0.25, -0.2) is 31.6 Å². The lowest BCUT2D eigenvalue weighted by atomic mass is 9.95. The standard InChI is InChI=1S/C22H23F3N4O5S/c1-22(5-7-35(31,32)8-6-22)28-20(30)19-27-15-4-3-14(10-16(15)29(19)2)34-21-17(33-12-18(24)25)9-13(23)11-26-21/h3-4,9-11,18H,5-8,12H2,1-2H3,(H,28,30). The van der Waals surface area contributed by atoms with E-state index in [1.54, 1.807) is 30.7 Å². The van der Waals surface area contributed by atoms with Crippen LogP contribution in [0.1, 0.15) is 30.4 Å². The highest BCUT2D eigenvalue weighted by Crippen LogP contribution is 2.32. The topological polar surface area (TPSA) is 112 Å². The molecule has 4 rings (SSSR count). The van der Waals surface area contributed by atoms with E-state index in [9.17, 15) is 26.4 Å². The number of sulfone groups is 1. The maximum Gasteiger partial charge on any atom is 0.287 e. The van der Waals surface area contributed by atoms with Crippen molar-refractivity contribution in [1.82, 2.24) is 19.9 Å². The molecule has 1 fully saturated rings. The molecule has 3 aromatic rings. The third-order valence-corrected chi connectivity index (χ3v) is 7.42. The number of imidazole rings is 1. The Morgan fingerprint density at radius 3 is 2.66 bits per heavy atom. The number of amides is 1. The second kappa shape index (κ2) is 9.36. The third-order valence-electron chi connectivity index (χ3n) is 5.76. The fourth-order valence-corrected chi connectivity index (χ4v) is 5.46. The van der Waals surface area contributed by atoms with Crippen LogP contribution in [0.2, 0.25) is 0 Å². The summed E-state index contributed by atoms with van der Waals surface area (Å²) in [6.45, 7) is 0.850. The van der Waals surface area contributed by atoms with Crippen molar-refractivity contribution in [3.8, 4) is 17.4 Å². The van der Waals surface area contributed by atoms with E-state index in [1.807, 2.05) is 0 Å². The number of carbonyl (C=O) groups excluding carboxylic acids is 1. The minimum atomic E-state index is -3.09. The van der Waals surface area contributed by atoms with Crippen LogP contribution in [0.15, 0.2) is 30.5 Å². The number of alkyl halides is 2. The summed E-state index contributed by atoms with van der Waals surface area (Å²) < 4.78 is 74.1. The molecule has 0 unspecified atom stereocenters. The van der Waals surface area contributed by atoms with Gasteiger partial charge in [0.05, 0.1) is 28.7 Å². The first-order chi connectivity index (χ1) is 16.4. The molecule has 1 aliphatic rings. The van der Waals surface area contributed by atoms with Gasteiger partial charge in [-0.15, -0.1) is 0 Å². The molecule has 0 atom stereocenters. The molecule has 188 valence electrons. The van der Waals surface area contributed by atoms with Gasteiger partial charge in [0, 0.05) is 24.7 Å².